The Bertz CT molecular complexity index is 475. The zero-order valence-electron chi connectivity index (χ0n) is 10.3. The van der Waals surface area contributed by atoms with E-state index in [1.54, 1.807) is 12.1 Å². The van der Waals surface area contributed by atoms with E-state index in [4.69, 9.17) is 5.73 Å². The normalized spacial score (nSPS) is 19.2. The molecule has 1 fully saturated rings. The van der Waals surface area contributed by atoms with Crippen molar-refractivity contribution < 1.29 is 9.59 Å². The monoisotopic (exact) mass is 247 g/mol. The van der Waals surface area contributed by atoms with Gasteiger partial charge in [0.15, 0.2) is 0 Å². The number of benzene rings is 1. The minimum atomic E-state index is -0.150. The number of anilines is 1. The molecule has 1 saturated heterocycles. The molecule has 1 aliphatic heterocycles. The zero-order chi connectivity index (χ0) is 13.1. The Balaban J connectivity index is 1.99. The molecule has 1 aliphatic rings. The van der Waals surface area contributed by atoms with Crippen LogP contribution in [-0.2, 0) is 4.79 Å². The van der Waals surface area contributed by atoms with Crippen molar-refractivity contribution in [1.29, 1.82) is 0 Å². The summed E-state index contributed by atoms with van der Waals surface area (Å²) < 4.78 is 0. The summed E-state index contributed by atoms with van der Waals surface area (Å²) in [7, 11) is 0. The fourth-order valence-electron chi connectivity index (χ4n) is 1.91. The van der Waals surface area contributed by atoms with E-state index in [0.29, 0.717) is 30.6 Å². The van der Waals surface area contributed by atoms with Gasteiger partial charge in [-0.15, -0.1) is 0 Å². The Hall–Kier alpha value is -2.04. The average Bonchev–Trinajstić information content (AvgIpc) is 2.35. The molecule has 0 bridgehead atoms. The maximum atomic E-state index is 12.0. The lowest BCUT2D eigenvalue weighted by Crippen LogP contribution is -2.47. The van der Waals surface area contributed by atoms with Crippen molar-refractivity contribution in [1.82, 2.24) is 10.6 Å². The predicted octanol–water partition coefficient (Wildman–Crippen LogP) is 0.586. The van der Waals surface area contributed by atoms with Gasteiger partial charge in [0.05, 0.1) is 0 Å². The van der Waals surface area contributed by atoms with Crippen LogP contribution >= 0.6 is 0 Å². The molecule has 1 aromatic rings. The Labute approximate surface area is 106 Å². The van der Waals surface area contributed by atoms with Crippen LogP contribution in [0.15, 0.2) is 18.2 Å². The van der Waals surface area contributed by atoms with Crippen LogP contribution < -0.4 is 16.4 Å². The summed E-state index contributed by atoms with van der Waals surface area (Å²) >= 11 is 0. The number of hydrogen-bond donors (Lipinski definition) is 3. The number of piperidine rings is 1. The number of amides is 2. The van der Waals surface area contributed by atoms with E-state index in [-0.39, 0.29) is 17.9 Å². The second kappa shape index (κ2) is 5.08. The third-order valence-electron chi connectivity index (χ3n) is 3.14. The standard InChI is InChI=1S/C13H17N3O2/c1-8-2-3-9(6-11(8)14)13(18)16-10-4-5-12(17)15-7-10/h2-3,6,10H,4-5,7,14H2,1H3,(H,15,17)(H,16,18). The third kappa shape index (κ3) is 2.80. The molecule has 1 unspecified atom stereocenters. The van der Waals surface area contributed by atoms with Crippen LogP contribution in [0.25, 0.3) is 0 Å². The minimum absolute atomic E-state index is 0.00210. The fourth-order valence-corrected chi connectivity index (χ4v) is 1.91. The van der Waals surface area contributed by atoms with Crippen LogP contribution in [0.5, 0.6) is 0 Å². The molecule has 18 heavy (non-hydrogen) atoms. The van der Waals surface area contributed by atoms with E-state index >= 15 is 0 Å². The summed E-state index contributed by atoms with van der Waals surface area (Å²) in [4.78, 5) is 23.0. The van der Waals surface area contributed by atoms with Crippen molar-refractivity contribution in [2.45, 2.75) is 25.8 Å². The van der Waals surface area contributed by atoms with Crippen molar-refractivity contribution in [3.05, 3.63) is 29.3 Å². The molecule has 0 spiro atoms. The lowest BCUT2D eigenvalue weighted by Gasteiger charge is -2.23. The van der Waals surface area contributed by atoms with Gasteiger partial charge >= 0.3 is 0 Å². The van der Waals surface area contributed by atoms with Crippen molar-refractivity contribution in [3.63, 3.8) is 0 Å². The Kier molecular flexibility index (Phi) is 3.50. The molecule has 2 amide bonds. The van der Waals surface area contributed by atoms with Crippen LogP contribution in [0, 0.1) is 6.92 Å². The number of nitrogens with two attached hydrogens (primary N) is 1. The minimum Gasteiger partial charge on any atom is -0.398 e. The molecule has 5 nitrogen and oxygen atoms in total. The van der Waals surface area contributed by atoms with Gasteiger partial charge in [-0.25, -0.2) is 0 Å². The predicted molar refractivity (Wildman–Crippen MR) is 69.1 cm³/mol. The first-order chi connectivity index (χ1) is 8.56. The quantitative estimate of drug-likeness (QED) is 0.669. The second-order valence-electron chi connectivity index (χ2n) is 4.58. The number of nitrogens with one attached hydrogen (secondary N) is 2. The maximum Gasteiger partial charge on any atom is 0.251 e. The van der Waals surface area contributed by atoms with Crippen molar-refractivity contribution in [2.24, 2.45) is 0 Å². The topological polar surface area (TPSA) is 84.2 Å². The number of hydrogen-bond acceptors (Lipinski definition) is 3. The summed E-state index contributed by atoms with van der Waals surface area (Å²) in [6, 6.07) is 5.25. The lowest BCUT2D eigenvalue weighted by atomic mass is 10.1. The molecular formula is C13H17N3O2. The molecule has 1 aromatic carbocycles. The fraction of sp³-hybridized carbons (Fsp3) is 0.385. The first kappa shape index (κ1) is 12.4. The van der Waals surface area contributed by atoms with Gasteiger partial charge in [-0.05, 0) is 31.0 Å². The molecular weight excluding hydrogens is 230 g/mol. The third-order valence-corrected chi connectivity index (χ3v) is 3.14. The van der Waals surface area contributed by atoms with E-state index in [9.17, 15) is 9.59 Å². The van der Waals surface area contributed by atoms with Crippen LogP contribution in [-0.4, -0.2) is 24.4 Å². The maximum absolute atomic E-state index is 12.0. The number of carbonyl (C=O) groups is 2. The zero-order valence-corrected chi connectivity index (χ0v) is 10.3. The SMILES string of the molecule is Cc1ccc(C(=O)NC2CCC(=O)NC2)cc1N. The molecule has 5 heteroatoms. The smallest absolute Gasteiger partial charge is 0.251 e. The summed E-state index contributed by atoms with van der Waals surface area (Å²) in [5, 5.41) is 5.62. The van der Waals surface area contributed by atoms with E-state index in [1.165, 1.54) is 0 Å². The highest BCUT2D eigenvalue weighted by atomic mass is 16.2. The number of carbonyl (C=O) groups excluding carboxylic acids is 2. The molecule has 0 aliphatic carbocycles. The van der Waals surface area contributed by atoms with Crippen molar-refractivity contribution in [2.75, 3.05) is 12.3 Å². The Morgan fingerprint density at radius 1 is 1.50 bits per heavy atom. The highest BCUT2D eigenvalue weighted by Crippen LogP contribution is 2.13. The highest BCUT2D eigenvalue weighted by Gasteiger charge is 2.20. The summed E-state index contributed by atoms with van der Waals surface area (Å²) in [6.45, 7) is 2.39. The largest absolute Gasteiger partial charge is 0.398 e. The molecule has 2 rings (SSSR count). The highest BCUT2D eigenvalue weighted by molar-refractivity contribution is 5.95. The molecule has 4 N–H and O–H groups in total. The first-order valence-corrected chi connectivity index (χ1v) is 6.00. The van der Waals surface area contributed by atoms with Gasteiger partial charge in [-0.3, -0.25) is 9.59 Å². The Morgan fingerprint density at radius 3 is 2.89 bits per heavy atom. The molecule has 0 aromatic heterocycles. The van der Waals surface area contributed by atoms with Crippen LogP contribution in [0.3, 0.4) is 0 Å². The van der Waals surface area contributed by atoms with Gasteiger partial charge in [0, 0.05) is 30.3 Å². The molecule has 0 saturated carbocycles. The van der Waals surface area contributed by atoms with E-state index in [1.807, 2.05) is 13.0 Å². The van der Waals surface area contributed by atoms with Gasteiger partial charge in [0.1, 0.15) is 0 Å². The van der Waals surface area contributed by atoms with Gasteiger partial charge in [-0.2, -0.15) is 0 Å². The van der Waals surface area contributed by atoms with Gasteiger partial charge in [-0.1, -0.05) is 6.07 Å². The van der Waals surface area contributed by atoms with E-state index in [2.05, 4.69) is 10.6 Å². The van der Waals surface area contributed by atoms with Crippen molar-refractivity contribution in [3.8, 4) is 0 Å². The molecule has 1 atom stereocenters. The van der Waals surface area contributed by atoms with E-state index in [0.717, 1.165) is 5.56 Å². The van der Waals surface area contributed by atoms with Crippen LogP contribution in [0.4, 0.5) is 5.69 Å². The average molecular weight is 247 g/mol. The summed E-state index contributed by atoms with van der Waals surface area (Å²) in [6.07, 6.45) is 1.14. The number of nitrogen functional groups attached to an aromatic ring is 1. The summed E-state index contributed by atoms with van der Waals surface area (Å²) in [5.41, 5.74) is 7.89. The van der Waals surface area contributed by atoms with Gasteiger partial charge in [0.2, 0.25) is 5.91 Å². The molecule has 1 heterocycles. The summed E-state index contributed by atoms with van der Waals surface area (Å²) in [5.74, 6) is -0.108. The number of rotatable bonds is 2. The van der Waals surface area contributed by atoms with Crippen LogP contribution in [0.1, 0.15) is 28.8 Å². The molecule has 0 radical (unpaired) electrons. The second-order valence-corrected chi connectivity index (χ2v) is 4.58. The lowest BCUT2D eigenvalue weighted by molar-refractivity contribution is -0.122. The first-order valence-electron chi connectivity index (χ1n) is 6.00. The molecule has 96 valence electrons. The van der Waals surface area contributed by atoms with Crippen LogP contribution in [0.2, 0.25) is 0 Å². The number of aryl methyl sites for hydroxylation is 1. The van der Waals surface area contributed by atoms with Gasteiger partial charge in [0.25, 0.3) is 5.91 Å². The van der Waals surface area contributed by atoms with Gasteiger partial charge < -0.3 is 16.4 Å². The van der Waals surface area contributed by atoms with E-state index < -0.39 is 0 Å². The van der Waals surface area contributed by atoms with Crippen molar-refractivity contribution >= 4 is 17.5 Å². The Morgan fingerprint density at radius 2 is 2.28 bits per heavy atom.